The molecule has 32 heavy (non-hydrogen) atoms. The van der Waals surface area contributed by atoms with Crippen molar-refractivity contribution in [3.63, 3.8) is 0 Å². The molecule has 0 radical (unpaired) electrons. The highest BCUT2D eigenvalue weighted by Crippen LogP contribution is 2.48. The highest BCUT2D eigenvalue weighted by molar-refractivity contribution is 6.32. The normalized spacial score (nSPS) is 14.4. The molecule has 1 aliphatic heterocycles. The Morgan fingerprint density at radius 1 is 0.625 bits per heavy atom. The van der Waals surface area contributed by atoms with Crippen LogP contribution in [0, 0.1) is 0 Å². The van der Waals surface area contributed by atoms with Gasteiger partial charge in [0.15, 0.2) is 0 Å². The lowest BCUT2D eigenvalue weighted by Gasteiger charge is -2.30. The number of benzene rings is 4. The Kier molecular flexibility index (Phi) is 4.58. The second kappa shape index (κ2) is 7.73. The number of nitrogens with zero attached hydrogens (tertiary/aromatic N) is 1. The van der Waals surface area contributed by atoms with Crippen LogP contribution in [0.1, 0.15) is 18.4 Å². The molecule has 2 aliphatic rings. The van der Waals surface area contributed by atoms with Crippen LogP contribution in [0.15, 0.2) is 115 Å². The third-order valence-electron chi connectivity index (χ3n) is 6.58. The molecule has 1 nitrogen and oxygen atoms in total. The third kappa shape index (κ3) is 3.11. The van der Waals surface area contributed by atoms with Crippen molar-refractivity contribution in [3.8, 4) is 22.3 Å². The van der Waals surface area contributed by atoms with Crippen molar-refractivity contribution in [2.75, 3.05) is 4.90 Å². The molecular formula is C30H24BN. The van der Waals surface area contributed by atoms with Crippen molar-refractivity contribution in [1.29, 1.82) is 0 Å². The molecule has 2 heteroatoms. The number of hydrogen-bond donors (Lipinski definition) is 0. The number of hydrogen-bond acceptors (Lipinski definition) is 1. The fourth-order valence-electron chi connectivity index (χ4n) is 4.97. The van der Waals surface area contributed by atoms with Crippen LogP contribution in [-0.4, -0.2) is 7.85 Å². The molecule has 0 atom stereocenters. The molecule has 0 aromatic heterocycles. The molecule has 1 aliphatic carbocycles. The van der Waals surface area contributed by atoms with Gasteiger partial charge >= 0.3 is 0 Å². The maximum atomic E-state index is 2.48. The van der Waals surface area contributed by atoms with Gasteiger partial charge in [0, 0.05) is 22.5 Å². The first-order valence-corrected chi connectivity index (χ1v) is 11.4. The molecule has 0 spiro atoms. The fraction of sp³-hybridized carbons (Fsp3) is 0.0667. The summed E-state index contributed by atoms with van der Waals surface area (Å²) in [5.41, 5.74) is 12.9. The van der Waals surface area contributed by atoms with E-state index in [1.807, 2.05) is 0 Å². The van der Waals surface area contributed by atoms with Crippen molar-refractivity contribution in [2.24, 2.45) is 0 Å². The molecule has 0 saturated heterocycles. The van der Waals surface area contributed by atoms with Crippen molar-refractivity contribution < 1.29 is 0 Å². The van der Waals surface area contributed by atoms with Crippen LogP contribution in [0.25, 0.3) is 27.8 Å². The molecule has 6 rings (SSSR count). The van der Waals surface area contributed by atoms with Gasteiger partial charge in [-0.25, -0.2) is 0 Å². The largest absolute Gasteiger partial charge is 0.313 e. The van der Waals surface area contributed by atoms with Crippen molar-refractivity contribution >= 4 is 30.3 Å². The van der Waals surface area contributed by atoms with Gasteiger partial charge in [0.05, 0.1) is 5.69 Å². The van der Waals surface area contributed by atoms with Crippen molar-refractivity contribution in [2.45, 2.75) is 12.8 Å². The minimum atomic E-state index is 1.04. The van der Waals surface area contributed by atoms with Gasteiger partial charge in [-0.05, 0) is 53.3 Å². The molecule has 0 amide bonds. The van der Waals surface area contributed by atoms with Crippen molar-refractivity contribution in [3.05, 3.63) is 120 Å². The highest BCUT2D eigenvalue weighted by atomic mass is 15.2. The Morgan fingerprint density at radius 3 is 2.00 bits per heavy atom. The topological polar surface area (TPSA) is 3.24 Å². The number of allylic oxidation sites excluding steroid dienone is 4. The average Bonchev–Trinajstić information content (AvgIpc) is 2.98. The summed E-state index contributed by atoms with van der Waals surface area (Å²) < 4.78 is 0. The minimum absolute atomic E-state index is 1.04. The molecule has 0 fully saturated rings. The summed E-state index contributed by atoms with van der Waals surface area (Å²) in [6.07, 6.45) is 6.73. The summed E-state index contributed by atoms with van der Waals surface area (Å²) in [6.45, 7) is 0. The van der Waals surface area contributed by atoms with Gasteiger partial charge in [0.1, 0.15) is 7.85 Å². The first-order valence-electron chi connectivity index (χ1n) is 11.4. The summed E-state index contributed by atoms with van der Waals surface area (Å²) in [5.74, 6) is 0. The molecule has 0 N–H and O–H groups in total. The summed E-state index contributed by atoms with van der Waals surface area (Å²) >= 11 is 0. The van der Waals surface area contributed by atoms with E-state index in [2.05, 4.69) is 122 Å². The van der Waals surface area contributed by atoms with Gasteiger partial charge in [-0.3, -0.25) is 0 Å². The minimum Gasteiger partial charge on any atom is -0.313 e. The zero-order chi connectivity index (χ0) is 21.5. The predicted molar refractivity (Wildman–Crippen MR) is 139 cm³/mol. The monoisotopic (exact) mass is 409 g/mol. The van der Waals surface area contributed by atoms with Crippen LogP contribution in [0.5, 0.6) is 0 Å². The van der Waals surface area contributed by atoms with Gasteiger partial charge in [-0.1, -0.05) is 96.5 Å². The summed E-state index contributed by atoms with van der Waals surface area (Å²) in [5, 5.41) is 0. The SMILES string of the molecule is Bc1ccc(-c2ccc(N3C4=C(C=CCC4)c4ccccc4-c4ccccc43)cc2)cc1. The molecule has 0 saturated carbocycles. The number of fused-ring (bicyclic) bond motifs is 4. The van der Waals surface area contributed by atoms with E-state index in [1.165, 1.54) is 55.9 Å². The van der Waals surface area contributed by atoms with E-state index in [9.17, 15) is 0 Å². The van der Waals surface area contributed by atoms with Gasteiger partial charge in [0.2, 0.25) is 0 Å². The molecule has 0 unspecified atom stereocenters. The number of para-hydroxylation sites is 1. The van der Waals surface area contributed by atoms with E-state index in [-0.39, 0.29) is 0 Å². The smallest absolute Gasteiger partial charge is 0.139 e. The Balaban J connectivity index is 1.54. The maximum Gasteiger partial charge on any atom is 0.139 e. The quantitative estimate of drug-likeness (QED) is 0.342. The predicted octanol–water partition coefficient (Wildman–Crippen LogP) is 6.49. The van der Waals surface area contributed by atoms with E-state index in [1.54, 1.807) is 0 Å². The number of rotatable bonds is 2. The van der Waals surface area contributed by atoms with E-state index in [4.69, 9.17) is 0 Å². The summed E-state index contributed by atoms with van der Waals surface area (Å²) in [7, 11) is 2.13. The van der Waals surface area contributed by atoms with Gasteiger partial charge in [-0.15, -0.1) is 0 Å². The molecular weight excluding hydrogens is 385 g/mol. The van der Waals surface area contributed by atoms with E-state index >= 15 is 0 Å². The van der Waals surface area contributed by atoms with Crippen LogP contribution in [0.3, 0.4) is 0 Å². The Hall–Kier alpha value is -3.78. The number of anilines is 2. The van der Waals surface area contributed by atoms with E-state index in [0.29, 0.717) is 0 Å². The summed E-state index contributed by atoms with van der Waals surface area (Å²) in [6, 6.07) is 35.4. The van der Waals surface area contributed by atoms with Crippen LogP contribution in [0.4, 0.5) is 11.4 Å². The lowest BCUT2D eigenvalue weighted by molar-refractivity contribution is 0.926. The zero-order valence-electron chi connectivity index (χ0n) is 18.3. The molecule has 4 aromatic rings. The zero-order valence-corrected chi connectivity index (χ0v) is 18.3. The third-order valence-corrected chi connectivity index (χ3v) is 6.58. The lowest BCUT2D eigenvalue weighted by Crippen LogP contribution is -2.18. The molecule has 152 valence electrons. The first kappa shape index (κ1) is 19.0. The van der Waals surface area contributed by atoms with Crippen LogP contribution in [0.2, 0.25) is 0 Å². The molecule has 0 bridgehead atoms. The highest BCUT2D eigenvalue weighted by Gasteiger charge is 2.27. The van der Waals surface area contributed by atoms with Gasteiger partial charge in [-0.2, -0.15) is 0 Å². The standard InChI is InChI=1S/C30H24BN/c31-23-17-13-21(14-18-23)22-15-19-24(20-16-22)32-29-11-5-3-9-27(29)25-7-1-2-8-26(25)28-10-4-6-12-30(28)32/h1-5,7-11,13-20H,6,12,31H2. The maximum absolute atomic E-state index is 2.48. The average molecular weight is 409 g/mol. The van der Waals surface area contributed by atoms with E-state index in [0.717, 1.165) is 12.8 Å². The van der Waals surface area contributed by atoms with Crippen LogP contribution in [-0.2, 0) is 0 Å². The van der Waals surface area contributed by atoms with Crippen LogP contribution >= 0.6 is 0 Å². The fourth-order valence-corrected chi connectivity index (χ4v) is 4.97. The second-order valence-corrected chi connectivity index (χ2v) is 8.61. The van der Waals surface area contributed by atoms with Crippen LogP contribution < -0.4 is 10.4 Å². The summed E-state index contributed by atoms with van der Waals surface area (Å²) in [4.78, 5) is 2.48. The molecule has 1 heterocycles. The Morgan fingerprint density at radius 2 is 1.25 bits per heavy atom. The Bertz CT molecular complexity index is 1360. The molecule has 4 aromatic carbocycles. The van der Waals surface area contributed by atoms with E-state index < -0.39 is 0 Å². The van der Waals surface area contributed by atoms with Crippen molar-refractivity contribution in [1.82, 2.24) is 0 Å². The second-order valence-electron chi connectivity index (χ2n) is 8.61. The van der Waals surface area contributed by atoms with Gasteiger partial charge < -0.3 is 4.90 Å². The lowest BCUT2D eigenvalue weighted by atomic mass is 9.91. The first-order chi connectivity index (χ1) is 15.8. The Labute approximate surface area is 190 Å². The van der Waals surface area contributed by atoms with Gasteiger partial charge in [0.25, 0.3) is 0 Å².